The highest BCUT2D eigenvalue weighted by atomic mass is 16.5. The molecule has 4 nitrogen and oxygen atoms in total. The van der Waals surface area contributed by atoms with Gasteiger partial charge < -0.3 is 4.74 Å². The molecule has 20 heavy (non-hydrogen) atoms. The summed E-state index contributed by atoms with van der Waals surface area (Å²) in [5.41, 5.74) is 3.27. The van der Waals surface area contributed by atoms with Crippen LogP contribution < -0.4 is 0 Å². The molecule has 1 heterocycles. The minimum atomic E-state index is 0.728. The summed E-state index contributed by atoms with van der Waals surface area (Å²) >= 11 is 0. The molecule has 0 unspecified atom stereocenters. The molecule has 0 saturated carbocycles. The maximum Gasteiger partial charge on any atom is 0.0874 e. The highest BCUT2D eigenvalue weighted by Gasteiger charge is 2.07. The summed E-state index contributed by atoms with van der Waals surface area (Å²) in [5.74, 6) is 0. The van der Waals surface area contributed by atoms with Crippen molar-refractivity contribution in [2.45, 2.75) is 0 Å². The largest absolute Gasteiger partial charge is 0.378 e. The number of ether oxygens (including phenoxy) is 1. The fourth-order valence-corrected chi connectivity index (χ4v) is 2.11. The summed E-state index contributed by atoms with van der Waals surface area (Å²) in [6.45, 7) is 3.08. The van der Waals surface area contributed by atoms with Crippen LogP contribution in [0.25, 0.3) is 11.1 Å². The molecule has 0 aromatic heterocycles. The minimum absolute atomic E-state index is 0.728. The van der Waals surface area contributed by atoms with E-state index in [0.29, 0.717) is 0 Å². The molecule has 4 heteroatoms. The summed E-state index contributed by atoms with van der Waals surface area (Å²) in [7, 11) is 0. The molecule has 1 aliphatic rings. The Morgan fingerprint density at radius 2 is 1.45 bits per heavy atom. The van der Waals surface area contributed by atoms with Crippen LogP contribution in [0.4, 0.5) is 5.69 Å². The van der Waals surface area contributed by atoms with E-state index in [-0.39, 0.29) is 0 Å². The molecular formula is C16H17N3O. The number of hydrogen-bond acceptors (Lipinski definition) is 3. The lowest BCUT2D eigenvalue weighted by atomic mass is 10.1. The topological polar surface area (TPSA) is 37.2 Å². The molecule has 0 aliphatic carbocycles. The van der Waals surface area contributed by atoms with E-state index in [2.05, 4.69) is 34.6 Å². The molecule has 0 radical (unpaired) electrons. The van der Waals surface area contributed by atoms with E-state index in [1.54, 1.807) is 0 Å². The van der Waals surface area contributed by atoms with Crippen molar-refractivity contribution < 1.29 is 4.74 Å². The predicted octanol–water partition coefficient (Wildman–Crippen LogP) is 3.68. The molecule has 0 bridgehead atoms. The SMILES string of the molecule is c1ccc(-c2ccc(N=NN3CCOCC3)cc2)cc1. The quantitative estimate of drug-likeness (QED) is 0.795. The smallest absolute Gasteiger partial charge is 0.0874 e. The van der Waals surface area contributed by atoms with Crippen molar-refractivity contribution in [3.63, 3.8) is 0 Å². The zero-order chi connectivity index (χ0) is 13.6. The average Bonchev–Trinajstić information content (AvgIpc) is 2.55. The van der Waals surface area contributed by atoms with Crippen molar-refractivity contribution in [3.8, 4) is 11.1 Å². The Hall–Kier alpha value is -2.20. The summed E-state index contributed by atoms with van der Waals surface area (Å²) in [5, 5.41) is 10.4. The van der Waals surface area contributed by atoms with Gasteiger partial charge in [-0.05, 0) is 23.3 Å². The van der Waals surface area contributed by atoms with Crippen LogP contribution in [0.5, 0.6) is 0 Å². The van der Waals surface area contributed by atoms with Gasteiger partial charge in [-0.25, -0.2) is 0 Å². The van der Waals surface area contributed by atoms with Gasteiger partial charge in [0.2, 0.25) is 0 Å². The molecule has 0 N–H and O–H groups in total. The van der Waals surface area contributed by atoms with Gasteiger partial charge in [-0.15, -0.1) is 5.11 Å². The summed E-state index contributed by atoms with van der Waals surface area (Å²) in [6, 6.07) is 18.4. The summed E-state index contributed by atoms with van der Waals surface area (Å²) in [6.07, 6.45) is 0. The van der Waals surface area contributed by atoms with Crippen LogP contribution in [0, 0.1) is 0 Å². The Kier molecular flexibility index (Phi) is 4.04. The molecule has 2 aromatic rings. The van der Waals surface area contributed by atoms with Crippen molar-refractivity contribution in [2.24, 2.45) is 10.3 Å². The van der Waals surface area contributed by atoms with Crippen LogP contribution in [0.3, 0.4) is 0 Å². The van der Waals surface area contributed by atoms with E-state index in [1.807, 2.05) is 35.3 Å². The Bertz CT molecular complexity index is 560. The molecule has 1 aliphatic heterocycles. The summed E-state index contributed by atoms with van der Waals surface area (Å²) < 4.78 is 5.27. The van der Waals surface area contributed by atoms with E-state index in [0.717, 1.165) is 32.0 Å². The molecule has 1 fully saturated rings. The maximum absolute atomic E-state index is 5.27. The van der Waals surface area contributed by atoms with Crippen LogP contribution in [0.2, 0.25) is 0 Å². The fraction of sp³-hybridized carbons (Fsp3) is 0.250. The monoisotopic (exact) mass is 267 g/mol. The number of hydrogen-bond donors (Lipinski definition) is 0. The predicted molar refractivity (Wildman–Crippen MR) is 78.8 cm³/mol. The normalized spacial score (nSPS) is 15.7. The highest BCUT2D eigenvalue weighted by molar-refractivity contribution is 5.65. The Labute approximate surface area is 118 Å². The third-order valence-corrected chi connectivity index (χ3v) is 3.25. The van der Waals surface area contributed by atoms with Crippen LogP contribution in [0.15, 0.2) is 64.9 Å². The molecule has 0 amide bonds. The Balaban J connectivity index is 1.68. The first-order valence-corrected chi connectivity index (χ1v) is 6.82. The van der Waals surface area contributed by atoms with Gasteiger partial charge in [0.25, 0.3) is 0 Å². The van der Waals surface area contributed by atoms with Gasteiger partial charge in [-0.1, -0.05) is 47.7 Å². The van der Waals surface area contributed by atoms with Crippen LogP contribution in [0.1, 0.15) is 0 Å². The van der Waals surface area contributed by atoms with Gasteiger partial charge in [-0.3, -0.25) is 5.01 Å². The van der Waals surface area contributed by atoms with E-state index in [9.17, 15) is 0 Å². The number of nitrogens with zero attached hydrogens (tertiary/aromatic N) is 3. The van der Waals surface area contributed by atoms with Crippen molar-refractivity contribution in [1.29, 1.82) is 0 Å². The Morgan fingerprint density at radius 3 is 2.15 bits per heavy atom. The van der Waals surface area contributed by atoms with Gasteiger partial charge in [0.15, 0.2) is 0 Å². The van der Waals surface area contributed by atoms with Crippen LogP contribution in [-0.4, -0.2) is 31.3 Å². The molecule has 1 saturated heterocycles. The van der Waals surface area contributed by atoms with Crippen molar-refractivity contribution in [3.05, 3.63) is 54.6 Å². The lowest BCUT2D eigenvalue weighted by Gasteiger charge is -2.22. The van der Waals surface area contributed by atoms with E-state index >= 15 is 0 Å². The van der Waals surface area contributed by atoms with Crippen LogP contribution >= 0.6 is 0 Å². The Morgan fingerprint density at radius 1 is 0.800 bits per heavy atom. The van der Waals surface area contributed by atoms with Gasteiger partial charge in [0.1, 0.15) is 0 Å². The van der Waals surface area contributed by atoms with E-state index in [4.69, 9.17) is 4.74 Å². The van der Waals surface area contributed by atoms with Crippen molar-refractivity contribution >= 4 is 5.69 Å². The number of rotatable bonds is 3. The molecular weight excluding hydrogens is 250 g/mol. The van der Waals surface area contributed by atoms with Crippen molar-refractivity contribution in [2.75, 3.05) is 26.3 Å². The fourth-order valence-electron chi connectivity index (χ4n) is 2.11. The van der Waals surface area contributed by atoms with E-state index in [1.165, 1.54) is 11.1 Å². The van der Waals surface area contributed by atoms with Gasteiger partial charge in [-0.2, -0.15) is 0 Å². The van der Waals surface area contributed by atoms with E-state index < -0.39 is 0 Å². The molecule has 102 valence electrons. The lowest BCUT2D eigenvalue weighted by molar-refractivity contribution is 0.0354. The third-order valence-electron chi connectivity index (χ3n) is 3.25. The standard InChI is InChI=1S/C16H17N3O/c1-2-4-14(5-3-1)15-6-8-16(9-7-15)17-18-19-10-12-20-13-11-19/h1-9H,10-13H2. The third kappa shape index (κ3) is 3.22. The number of morpholine rings is 1. The zero-order valence-electron chi connectivity index (χ0n) is 11.3. The van der Waals surface area contributed by atoms with Crippen molar-refractivity contribution in [1.82, 2.24) is 5.01 Å². The second-order valence-corrected chi connectivity index (χ2v) is 4.67. The maximum atomic E-state index is 5.27. The first kappa shape index (κ1) is 12.8. The second kappa shape index (κ2) is 6.30. The van der Waals surface area contributed by atoms with Gasteiger partial charge in [0, 0.05) is 0 Å². The molecule has 0 atom stereocenters. The van der Waals surface area contributed by atoms with Gasteiger partial charge >= 0.3 is 0 Å². The first-order valence-electron chi connectivity index (χ1n) is 6.82. The van der Waals surface area contributed by atoms with Crippen LogP contribution in [-0.2, 0) is 4.74 Å². The number of benzene rings is 2. The van der Waals surface area contributed by atoms with Gasteiger partial charge in [0.05, 0.1) is 32.0 Å². The highest BCUT2D eigenvalue weighted by Crippen LogP contribution is 2.22. The minimum Gasteiger partial charge on any atom is -0.378 e. The molecule has 0 spiro atoms. The average molecular weight is 267 g/mol. The molecule has 3 rings (SSSR count). The first-order chi connectivity index (χ1) is 9.92. The summed E-state index contributed by atoms with van der Waals surface area (Å²) in [4.78, 5) is 0. The zero-order valence-corrected chi connectivity index (χ0v) is 11.3. The molecule has 2 aromatic carbocycles. The second-order valence-electron chi connectivity index (χ2n) is 4.67. The lowest BCUT2D eigenvalue weighted by Crippen LogP contribution is -2.31.